The van der Waals surface area contributed by atoms with Gasteiger partial charge in [0.25, 0.3) is 11.6 Å². The predicted octanol–water partition coefficient (Wildman–Crippen LogP) is 2.42. The first-order valence-corrected chi connectivity index (χ1v) is 8.37. The molecule has 1 heterocycles. The predicted molar refractivity (Wildman–Crippen MR) is 98.1 cm³/mol. The number of ether oxygens (including phenoxy) is 1. The fourth-order valence-electron chi connectivity index (χ4n) is 2.97. The first-order valence-electron chi connectivity index (χ1n) is 8.37. The lowest BCUT2D eigenvalue weighted by atomic mass is 9.94. The fourth-order valence-corrected chi connectivity index (χ4v) is 2.97. The van der Waals surface area contributed by atoms with Crippen molar-refractivity contribution in [1.82, 2.24) is 5.32 Å². The van der Waals surface area contributed by atoms with Crippen LogP contribution in [0.15, 0.2) is 48.5 Å². The third-order valence-electron chi connectivity index (χ3n) is 4.23. The molecule has 136 valence electrons. The second kappa shape index (κ2) is 7.05. The normalized spacial score (nSPS) is 18.7. The van der Waals surface area contributed by atoms with Crippen molar-refractivity contribution in [1.29, 1.82) is 0 Å². The minimum absolute atomic E-state index is 0.302. The van der Waals surface area contributed by atoms with E-state index >= 15 is 0 Å². The number of nitrogens with one attached hydrogen (secondary N) is 2. The van der Waals surface area contributed by atoms with Crippen LogP contribution in [-0.4, -0.2) is 30.7 Å². The average Bonchev–Trinajstić information content (AvgIpc) is 2.66. The summed E-state index contributed by atoms with van der Waals surface area (Å²) in [6.07, 6.45) is 0.703. The third kappa shape index (κ3) is 2.86. The number of hydrogen-bond donors (Lipinski definition) is 3. The van der Waals surface area contributed by atoms with Crippen LogP contribution in [0.3, 0.4) is 0 Å². The van der Waals surface area contributed by atoms with E-state index in [1.165, 1.54) is 7.11 Å². The molecule has 2 aromatic carbocycles. The molecule has 1 atom stereocenters. The van der Waals surface area contributed by atoms with E-state index in [4.69, 9.17) is 4.74 Å². The summed E-state index contributed by atoms with van der Waals surface area (Å²) in [6.45, 7) is 2.29. The molecule has 7 nitrogen and oxygen atoms in total. The van der Waals surface area contributed by atoms with Gasteiger partial charge in [0, 0.05) is 18.2 Å². The number of hydrogen-bond acceptors (Lipinski definition) is 4. The monoisotopic (exact) mass is 355 g/mol. The number of benzene rings is 2. The van der Waals surface area contributed by atoms with Crippen molar-refractivity contribution in [2.24, 2.45) is 0 Å². The molecule has 3 amide bonds. The smallest absolute Gasteiger partial charge is 0.329 e. The van der Waals surface area contributed by atoms with Gasteiger partial charge in [0.1, 0.15) is 5.75 Å². The van der Waals surface area contributed by atoms with Crippen molar-refractivity contribution in [3.8, 4) is 5.75 Å². The van der Waals surface area contributed by atoms with Crippen LogP contribution < -0.4 is 20.3 Å². The van der Waals surface area contributed by atoms with Crippen LogP contribution >= 0.6 is 0 Å². The summed E-state index contributed by atoms with van der Waals surface area (Å²) < 4.78 is 5.20. The van der Waals surface area contributed by atoms with E-state index < -0.39 is 17.7 Å². The van der Waals surface area contributed by atoms with Crippen LogP contribution in [0.2, 0.25) is 0 Å². The second-order valence-corrected chi connectivity index (χ2v) is 5.94. The van der Waals surface area contributed by atoms with Crippen molar-refractivity contribution in [3.05, 3.63) is 54.1 Å². The van der Waals surface area contributed by atoms with E-state index in [1.807, 2.05) is 6.92 Å². The molecule has 0 saturated carbocycles. The summed E-state index contributed by atoms with van der Waals surface area (Å²) in [4.78, 5) is 26.7. The molecule has 1 aliphatic rings. The highest BCUT2D eigenvalue weighted by Crippen LogP contribution is 2.40. The number of carbonyl (C=O) groups is 2. The quantitative estimate of drug-likeness (QED) is 0.768. The van der Waals surface area contributed by atoms with Crippen molar-refractivity contribution in [3.63, 3.8) is 0 Å². The molecule has 0 radical (unpaired) electrons. The molecule has 0 bridgehead atoms. The molecular weight excluding hydrogens is 334 g/mol. The van der Waals surface area contributed by atoms with Gasteiger partial charge in [-0.1, -0.05) is 31.2 Å². The van der Waals surface area contributed by atoms with Crippen LogP contribution in [0.4, 0.5) is 16.2 Å². The first-order chi connectivity index (χ1) is 12.5. The Bertz CT molecular complexity index is 839. The van der Waals surface area contributed by atoms with Gasteiger partial charge in [0.2, 0.25) is 0 Å². The summed E-state index contributed by atoms with van der Waals surface area (Å²) in [5.74, 6) is -0.157. The van der Waals surface area contributed by atoms with Crippen molar-refractivity contribution < 1.29 is 19.4 Å². The lowest BCUT2D eigenvalue weighted by Crippen LogP contribution is -2.62. The topological polar surface area (TPSA) is 90.9 Å². The number of urea groups is 1. The Kier molecular flexibility index (Phi) is 4.81. The molecule has 0 aliphatic carbocycles. The molecule has 26 heavy (non-hydrogen) atoms. The third-order valence-corrected chi connectivity index (χ3v) is 4.23. The van der Waals surface area contributed by atoms with E-state index in [0.717, 1.165) is 4.90 Å². The molecule has 1 aliphatic heterocycles. The van der Waals surface area contributed by atoms with Gasteiger partial charge < -0.3 is 20.5 Å². The first kappa shape index (κ1) is 17.8. The molecular formula is C19H21N3O4. The molecule has 7 heteroatoms. The number of aliphatic hydroxyl groups is 1. The van der Waals surface area contributed by atoms with Crippen LogP contribution in [0.5, 0.6) is 5.75 Å². The van der Waals surface area contributed by atoms with Crippen LogP contribution in [0.1, 0.15) is 18.9 Å². The Morgan fingerprint density at radius 2 is 2.04 bits per heavy atom. The minimum Gasteiger partial charge on any atom is -0.497 e. The van der Waals surface area contributed by atoms with E-state index in [2.05, 4.69) is 10.6 Å². The van der Waals surface area contributed by atoms with Gasteiger partial charge in [-0.3, -0.25) is 9.69 Å². The van der Waals surface area contributed by atoms with Gasteiger partial charge >= 0.3 is 6.03 Å². The summed E-state index contributed by atoms with van der Waals surface area (Å²) in [6, 6.07) is 12.7. The zero-order chi connectivity index (χ0) is 18.7. The lowest BCUT2D eigenvalue weighted by Gasteiger charge is -2.42. The van der Waals surface area contributed by atoms with E-state index in [-0.39, 0.29) is 0 Å². The summed E-state index contributed by atoms with van der Waals surface area (Å²) in [5, 5.41) is 16.9. The Labute approximate surface area is 151 Å². The SMILES string of the molecule is CCCNC(=O)[C@]1(O)c2ccccc2NC(=O)N1c1cccc(OC)c1. The molecule has 3 rings (SSSR count). The number of rotatable bonds is 5. The maximum Gasteiger partial charge on any atom is 0.329 e. The summed E-state index contributed by atoms with van der Waals surface area (Å²) in [5.41, 5.74) is -1.15. The Morgan fingerprint density at radius 3 is 2.77 bits per heavy atom. The van der Waals surface area contributed by atoms with E-state index in [1.54, 1.807) is 48.5 Å². The van der Waals surface area contributed by atoms with Gasteiger partial charge in [-0.05, 0) is 24.6 Å². The standard InChI is InChI=1S/C19H21N3O4/c1-3-11-20-17(23)19(25)15-9-4-5-10-16(15)21-18(24)22(19)13-7-6-8-14(12-13)26-2/h4-10,12,25H,3,11H2,1-2H3,(H,20,23)(H,21,24)/t19-/m1/s1. The molecule has 0 saturated heterocycles. The minimum atomic E-state index is -2.18. The average molecular weight is 355 g/mol. The number of methoxy groups -OCH3 is 1. The molecule has 2 aromatic rings. The Balaban J connectivity index is 2.17. The van der Waals surface area contributed by atoms with Gasteiger partial charge in [-0.25, -0.2) is 4.79 Å². The number of amides is 3. The number of carbonyl (C=O) groups excluding carboxylic acids is 2. The van der Waals surface area contributed by atoms with Crippen LogP contribution in [0.25, 0.3) is 0 Å². The molecule has 0 unspecified atom stereocenters. The maximum atomic E-state index is 12.9. The highest BCUT2D eigenvalue weighted by molar-refractivity contribution is 6.11. The van der Waals surface area contributed by atoms with Gasteiger partial charge in [-0.2, -0.15) is 0 Å². The summed E-state index contributed by atoms with van der Waals surface area (Å²) >= 11 is 0. The Morgan fingerprint density at radius 1 is 1.27 bits per heavy atom. The van der Waals surface area contributed by atoms with Crippen molar-refractivity contribution in [2.75, 3.05) is 23.9 Å². The van der Waals surface area contributed by atoms with E-state index in [9.17, 15) is 14.7 Å². The number of para-hydroxylation sites is 1. The van der Waals surface area contributed by atoms with Gasteiger partial charge in [0.15, 0.2) is 0 Å². The lowest BCUT2D eigenvalue weighted by molar-refractivity contribution is -0.140. The molecule has 3 N–H and O–H groups in total. The van der Waals surface area contributed by atoms with Crippen LogP contribution in [0, 0.1) is 0 Å². The molecule has 0 spiro atoms. The highest BCUT2D eigenvalue weighted by atomic mass is 16.5. The van der Waals surface area contributed by atoms with Crippen molar-refractivity contribution >= 4 is 23.3 Å². The number of nitrogens with zero attached hydrogens (tertiary/aromatic N) is 1. The zero-order valence-corrected chi connectivity index (χ0v) is 14.7. The second-order valence-electron chi connectivity index (χ2n) is 5.94. The molecule has 0 aromatic heterocycles. The number of anilines is 2. The number of fused-ring (bicyclic) bond motifs is 1. The maximum absolute atomic E-state index is 12.9. The van der Waals surface area contributed by atoms with Gasteiger partial charge in [-0.15, -0.1) is 0 Å². The highest BCUT2D eigenvalue weighted by Gasteiger charge is 2.51. The summed E-state index contributed by atoms with van der Waals surface area (Å²) in [7, 11) is 1.50. The van der Waals surface area contributed by atoms with E-state index in [0.29, 0.717) is 35.7 Å². The van der Waals surface area contributed by atoms with Crippen LogP contribution in [-0.2, 0) is 10.5 Å². The van der Waals surface area contributed by atoms with Crippen molar-refractivity contribution in [2.45, 2.75) is 19.1 Å². The molecule has 0 fully saturated rings. The largest absolute Gasteiger partial charge is 0.497 e. The Hall–Kier alpha value is -3.06. The zero-order valence-electron chi connectivity index (χ0n) is 14.7. The fraction of sp³-hybridized carbons (Fsp3) is 0.263. The van der Waals surface area contributed by atoms with Gasteiger partial charge in [0.05, 0.1) is 18.5 Å².